The van der Waals surface area contributed by atoms with Crippen LogP contribution >= 0.6 is 11.6 Å². The minimum absolute atomic E-state index is 0.224. The second-order valence-corrected chi connectivity index (χ2v) is 4.51. The number of hydrogen-bond donors (Lipinski definition) is 0. The Balaban J connectivity index is 2.46. The highest BCUT2D eigenvalue weighted by Crippen LogP contribution is 2.40. The molecule has 0 spiro atoms. The number of halogens is 1. The molecule has 1 unspecified atom stereocenters. The highest BCUT2D eigenvalue weighted by molar-refractivity contribution is 6.25. The maximum Gasteiger partial charge on any atom is 0.116 e. The van der Waals surface area contributed by atoms with Gasteiger partial charge in [-0.15, -0.1) is 0 Å². The molecule has 0 aliphatic carbocycles. The van der Waals surface area contributed by atoms with Crippen molar-refractivity contribution >= 4 is 17.3 Å². The van der Waals surface area contributed by atoms with Crippen LogP contribution in [0.1, 0.15) is 19.4 Å². The first-order chi connectivity index (χ1) is 6.15. The Kier molecular flexibility index (Phi) is 1.99. The first-order valence-electron chi connectivity index (χ1n) is 4.69. The fourth-order valence-corrected chi connectivity index (χ4v) is 2.47. The van der Waals surface area contributed by atoms with E-state index in [1.54, 1.807) is 0 Å². The van der Waals surface area contributed by atoms with E-state index in [1.807, 2.05) is 0 Å². The van der Waals surface area contributed by atoms with Crippen molar-refractivity contribution in [3.63, 3.8) is 0 Å². The molecular formula is C11H14ClN. The van der Waals surface area contributed by atoms with E-state index in [9.17, 15) is 0 Å². The summed E-state index contributed by atoms with van der Waals surface area (Å²) in [7, 11) is 0. The van der Waals surface area contributed by atoms with Crippen LogP contribution in [-0.4, -0.2) is 11.5 Å². The summed E-state index contributed by atoms with van der Waals surface area (Å²) >= 11 is 6.43. The van der Waals surface area contributed by atoms with Gasteiger partial charge in [-0.3, -0.25) is 0 Å². The van der Waals surface area contributed by atoms with Gasteiger partial charge in [0.25, 0.3) is 0 Å². The quantitative estimate of drug-likeness (QED) is 0.492. The number of alkyl halides is 1. The number of rotatable bonds is 1. The van der Waals surface area contributed by atoms with Crippen LogP contribution in [0.4, 0.5) is 5.69 Å². The molecule has 0 saturated carbocycles. The molecule has 0 amide bonds. The predicted molar refractivity (Wildman–Crippen MR) is 57.4 cm³/mol. The van der Waals surface area contributed by atoms with E-state index >= 15 is 0 Å². The highest BCUT2D eigenvalue weighted by atomic mass is 35.5. The molecule has 0 aromatic heterocycles. The third-order valence-electron chi connectivity index (χ3n) is 2.67. The monoisotopic (exact) mass is 195 g/mol. The fourth-order valence-electron chi connectivity index (χ4n) is 2.12. The minimum Gasteiger partial charge on any atom is -0.353 e. The summed E-state index contributed by atoms with van der Waals surface area (Å²) < 4.78 is 0. The van der Waals surface area contributed by atoms with Crippen LogP contribution in [0.5, 0.6) is 0 Å². The maximum atomic E-state index is 6.43. The highest BCUT2D eigenvalue weighted by Gasteiger charge is 2.36. The van der Waals surface area contributed by atoms with Crippen molar-refractivity contribution in [1.82, 2.24) is 0 Å². The minimum atomic E-state index is -0.224. The van der Waals surface area contributed by atoms with Crippen molar-refractivity contribution in [1.29, 1.82) is 0 Å². The van der Waals surface area contributed by atoms with Crippen molar-refractivity contribution in [2.45, 2.75) is 25.3 Å². The third kappa shape index (κ3) is 1.31. The Hall–Kier alpha value is -0.690. The summed E-state index contributed by atoms with van der Waals surface area (Å²) in [5.41, 5.74) is 2.66. The molecule has 1 atom stereocenters. The smallest absolute Gasteiger partial charge is 0.116 e. The molecular weight excluding hydrogens is 182 g/mol. The van der Waals surface area contributed by atoms with Crippen LogP contribution in [0.25, 0.3) is 0 Å². The molecule has 0 saturated heterocycles. The van der Waals surface area contributed by atoms with E-state index < -0.39 is 0 Å². The lowest BCUT2D eigenvalue weighted by atomic mass is 10.1. The van der Waals surface area contributed by atoms with Gasteiger partial charge in [0, 0.05) is 18.7 Å². The lowest BCUT2D eigenvalue weighted by Gasteiger charge is -2.30. The first kappa shape index (κ1) is 8.89. The van der Waals surface area contributed by atoms with Gasteiger partial charge < -0.3 is 4.90 Å². The topological polar surface area (TPSA) is 3.24 Å². The number of para-hydroxylation sites is 1. The summed E-state index contributed by atoms with van der Waals surface area (Å²) in [6, 6.07) is 8.45. The largest absolute Gasteiger partial charge is 0.353 e. The Morgan fingerprint density at radius 1 is 1.46 bits per heavy atom. The second kappa shape index (κ2) is 2.91. The van der Waals surface area contributed by atoms with Crippen molar-refractivity contribution in [3.05, 3.63) is 29.8 Å². The van der Waals surface area contributed by atoms with E-state index in [0.717, 1.165) is 13.0 Å². The number of benzene rings is 1. The summed E-state index contributed by atoms with van der Waals surface area (Å²) in [6.07, 6.45) is 0.943. The zero-order chi connectivity index (χ0) is 9.47. The van der Waals surface area contributed by atoms with E-state index in [0.29, 0.717) is 0 Å². The summed E-state index contributed by atoms with van der Waals surface area (Å²) in [5.74, 6) is 0. The summed E-state index contributed by atoms with van der Waals surface area (Å²) in [6.45, 7) is 5.19. The predicted octanol–water partition coefficient (Wildman–Crippen LogP) is 3.02. The zero-order valence-electron chi connectivity index (χ0n) is 8.05. The van der Waals surface area contributed by atoms with Crippen LogP contribution < -0.4 is 4.90 Å². The fraction of sp³-hybridized carbons (Fsp3) is 0.455. The molecule has 1 heterocycles. The van der Waals surface area contributed by atoms with Crippen molar-refractivity contribution < 1.29 is 0 Å². The number of fused-ring (bicyclic) bond motifs is 1. The van der Waals surface area contributed by atoms with Crippen molar-refractivity contribution in [2.75, 3.05) is 11.4 Å². The van der Waals surface area contributed by atoms with E-state index in [2.05, 4.69) is 43.0 Å². The Labute approximate surface area is 84.3 Å². The number of likely N-dealkylation sites (N-methyl/N-ethyl adjacent to an activating group) is 1. The van der Waals surface area contributed by atoms with Gasteiger partial charge in [0.05, 0.1) is 0 Å². The van der Waals surface area contributed by atoms with Gasteiger partial charge in [-0.05, 0) is 25.5 Å². The van der Waals surface area contributed by atoms with Gasteiger partial charge in [-0.1, -0.05) is 29.8 Å². The molecule has 0 fully saturated rings. The molecule has 13 heavy (non-hydrogen) atoms. The maximum absolute atomic E-state index is 6.43. The van der Waals surface area contributed by atoms with Gasteiger partial charge in [0.15, 0.2) is 0 Å². The second-order valence-electron chi connectivity index (χ2n) is 3.69. The Morgan fingerprint density at radius 2 is 2.15 bits per heavy atom. The van der Waals surface area contributed by atoms with Gasteiger partial charge >= 0.3 is 0 Å². The van der Waals surface area contributed by atoms with Gasteiger partial charge in [0.1, 0.15) is 5.00 Å². The summed E-state index contributed by atoms with van der Waals surface area (Å²) in [5, 5.41) is 0. The van der Waals surface area contributed by atoms with E-state index in [1.165, 1.54) is 11.3 Å². The Bertz CT molecular complexity index is 320. The number of nitrogens with zero attached hydrogens (tertiary/aromatic N) is 1. The molecule has 1 nitrogen and oxygen atoms in total. The molecule has 2 heteroatoms. The van der Waals surface area contributed by atoms with Gasteiger partial charge in [0.2, 0.25) is 0 Å². The number of hydrogen-bond acceptors (Lipinski definition) is 1. The standard InChI is InChI=1S/C11H14ClN/c1-3-13-10-7-5-4-6-9(10)8-11(13,2)12/h4-7H,3,8H2,1-2H3. The summed E-state index contributed by atoms with van der Waals surface area (Å²) in [4.78, 5) is 2.03. The van der Waals surface area contributed by atoms with Crippen LogP contribution in [0, 0.1) is 0 Å². The first-order valence-corrected chi connectivity index (χ1v) is 5.07. The molecule has 1 aromatic rings. The molecule has 1 aliphatic rings. The van der Waals surface area contributed by atoms with Crippen LogP contribution in [0.2, 0.25) is 0 Å². The molecule has 0 radical (unpaired) electrons. The van der Waals surface area contributed by atoms with Crippen LogP contribution in [0.3, 0.4) is 0 Å². The molecule has 0 N–H and O–H groups in total. The van der Waals surface area contributed by atoms with E-state index in [4.69, 9.17) is 11.6 Å². The number of anilines is 1. The normalized spacial score (nSPS) is 26.2. The molecule has 70 valence electrons. The molecule has 1 aromatic carbocycles. The van der Waals surface area contributed by atoms with Crippen molar-refractivity contribution in [2.24, 2.45) is 0 Å². The lowest BCUT2D eigenvalue weighted by Crippen LogP contribution is -2.38. The van der Waals surface area contributed by atoms with Crippen LogP contribution in [0.15, 0.2) is 24.3 Å². The zero-order valence-corrected chi connectivity index (χ0v) is 8.80. The van der Waals surface area contributed by atoms with Gasteiger partial charge in [-0.25, -0.2) is 0 Å². The Morgan fingerprint density at radius 3 is 2.85 bits per heavy atom. The van der Waals surface area contributed by atoms with Crippen LogP contribution in [-0.2, 0) is 6.42 Å². The average Bonchev–Trinajstić information content (AvgIpc) is 2.33. The van der Waals surface area contributed by atoms with E-state index in [-0.39, 0.29) is 5.00 Å². The van der Waals surface area contributed by atoms with Crippen molar-refractivity contribution in [3.8, 4) is 0 Å². The molecule has 1 aliphatic heterocycles. The third-order valence-corrected chi connectivity index (χ3v) is 3.01. The molecule has 2 rings (SSSR count). The van der Waals surface area contributed by atoms with Gasteiger partial charge in [-0.2, -0.15) is 0 Å². The lowest BCUT2D eigenvalue weighted by molar-refractivity contribution is 0.621. The SMILES string of the molecule is CCN1c2ccccc2CC1(C)Cl. The molecule has 0 bridgehead atoms. The average molecular weight is 196 g/mol.